The van der Waals surface area contributed by atoms with Gasteiger partial charge >= 0.3 is 0 Å². The van der Waals surface area contributed by atoms with Crippen LogP contribution in [-0.4, -0.2) is 35.2 Å². The number of ether oxygens (including phenoxy) is 1. The maximum atomic E-state index is 5.40. The van der Waals surface area contributed by atoms with Crippen LogP contribution in [0.1, 0.15) is 11.1 Å². The van der Waals surface area contributed by atoms with Gasteiger partial charge in [0.2, 0.25) is 0 Å². The molecule has 148 valence electrons. The monoisotopic (exact) mass is 387 g/mol. The molecule has 0 saturated heterocycles. The smallest absolute Gasteiger partial charge is 0.131 e. The number of nitrogens with one attached hydrogen (secondary N) is 3. The highest BCUT2D eigenvalue weighted by Crippen LogP contribution is 2.19. The molecule has 6 heteroatoms. The molecule has 0 saturated carbocycles. The SMILES string of the molecule is COc1ccccc1CCNc1cc(NCCc2c[nH]c3ccccc23)ncn1. The first kappa shape index (κ1) is 18.8. The van der Waals surface area contributed by atoms with E-state index in [0.29, 0.717) is 0 Å². The molecule has 0 fully saturated rings. The lowest BCUT2D eigenvalue weighted by Gasteiger charge is -2.10. The Labute approximate surface area is 170 Å². The highest BCUT2D eigenvalue weighted by atomic mass is 16.5. The van der Waals surface area contributed by atoms with Crippen LogP contribution >= 0.6 is 0 Å². The Balaban J connectivity index is 1.29. The van der Waals surface area contributed by atoms with Crippen LogP contribution in [0.4, 0.5) is 11.6 Å². The summed E-state index contributed by atoms with van der Waals surface area (Å²) in [5, 5.41) is 8.02. The Hall–Kier alpha value is -3.54. The highest BCUT2D eigenvalue weighted by molar-refractivity contribution is 5.83. The van der Waals surface area contributed by atoms with Gasteiger partial charge in [-0.05, 0) is 36.1 Å². The first-order valence-electron chi connectivity index (χ1n) is 9.80. The second kappa shape index (κ2) is 9.10. The molecule has 0 bridgehead atoms. The van der Waals surface area contributed by atoms with Gasteiger partial charge in [-0.2, -0.15) is 0 Å². The Bertz CT molecular complexity index is 1080. The van der Waals surface area contributed by atoms with Gasteiger partial charge in [0.1, 0.15) is 23.7 Å². The fraction of sp³-hybridized carbons (Fsp3) is 0.217. The van der Waals surface area contributed by atoms with Crippen molar-refractivity contribution in [2.24, 2.45) is 0 Å². The number of fused-ring (bicyclic) bond motifs is 1. The van der Waals surface area contributed by atoms with Crippen molar-refractivity contribution in [3.63, 3.8) is 0 Å². The van der Waals surface area contributed by atoms with Crippen LogP contribution in [0.3, 0.4) is 0 Å². The first-order chi connectivity index (χ1) is 14.3. The van der Waals surface area contributed by atoms with Crippen molar-refractivity contribution in [1.29, 1.82) is 0 Å². The summed E-state index contributed by atoms with van der Waals surface area (Å²) in [6.45, 7) is 1.58. The number of H-pyrrole nitrogens is 1. The van der Waals surface area contributed by atoms with Gasteiger partial charge in [-0.15, -0.1) is 0 Å². The van der Waals surface area contributed by atoms with Crippen LogP contribution in [0.15, 0.2) is 67.1 Å². The highest BCUT2D eigenvalue weighted by Gasteiger charge is 2.04. The van der Waals surface area contributed by atoms with E-state index in [1.54, 1.807) is 13.4 Å². The number of hydrogen-bond donors (Lipinski definition) is 3. The van der Waals surface area contributed by atoms with Crippen LogP contribution < -0.4 is 15.4 Å². The van der Waals surface area contributed by atoms with E-state index in [4.69, 9.17) is 4.74 Å². The minimum absolute atomic E-state index is 0.770. The van der Waals surface area contributed by atoms with E-state index >= 15 is 0 Å². The lowest BCUT2D eigenvalue weighted by Crippen LogP contribution is -2.10. The number of para-hydroxylation sites is 2. The molecule has 2 aromatic carbocycles. The molecule has 2 heterocycles. The van der Waals surface area contributed by atoms with Crippen LogP contribution in [0, 0.1) is 0 Å². The number of benzene rings is 2. The van der Waals surface area contributed by atoms with Crippen molar-refractivity contribution < 1.29 is 4.74 Å². The third-order valence-corrected chi connectivity index (χ3v) is 4.94. The average molecular weight is 387 g/mol. The fourth-order valence-electron chi connectivity index (χ4n) is 3.45. The number of aromatic nitrogens is 3. The van der Waals surface area contributed by atoms with Crippen molar-refractivity contribution in [2.45, 2.75) is 12.8 Å². The summed E-state index contributed by atoms with van der Waals surface area (Å²) < 4.78 is 5.40. The molecule has 0 atom stereocenters. The van der Waals surface area contributed by atoms with E-state index in [1.807, 2.05) is 30.3 Å². The number of aromatic amines is 1. The van der Waals surface area contributed by atoms with Crippen molar-refractivity contribution in [2.75, 3.05) is 30.8 Å². The Morgan fingerprint density at radius 1 is 0.862 bits per heavy atom. The summed E-state index contributed by atoms with van der Waals surface area (Å²) in [6.07, 6.45) is 5.44. The zero-order valence-corrected chi connectivity index (χ0v) is 16.5. The molecule has 6 nitrogen and oxygen atoms in total. The summed E-state index contributed by atoms with van der Waals surface area (Å²) in [4.78, 5) is 12.0. The zero-order valence-electron chi connectivity index (χ0n) is 16.5. The molecule has 4 aromatic rings. The third-order valence-electron chi connectivity index (χ3n) is 4.94. The van der Waals surface area contributed by atoms with Gasteiger partial charge in [-0.1, -0.05) is 36.4 Å². The quantitative estimate of drug-likeness (QED) is 0.400. The van der Waals surface area contributed by atoms with Crippen molar-refractivity contribution in [1.82, 2.24) is 15.0 Å². The van der Waals surface area contributed by atoms with Crippen LogP contribution in [0.5, 0.6) is 5.75 Å². The summed E-state index contributed by atoms with van der Waals surface area (Å²) in [7, 11) is 1.70. The molecule has 3 N–H and O–H groups in total. The molecule has 0 spiro atoms. The predicted octanol–water partition coefficient (Wildman–Crippen LogP) is 4.28. The average Bonchev–Trinajstić information content (AvgIpc) is 3.18. The molecule has 29 heavy (non-hydrogen) atoms. The molecular formula is C23H25N5O. The first-order valence-corrected chi connectivity index (χ1v) is 9.80. The van der Waals surface area contributed by atoms with Crippen LogP contribution in [0.25, 0.3) is 10.9 Å². The maximum Gasteiger partial charge on any atom is 0.131 e. The summed E-state index contributed by atoms with van der Waals surface area (Å²) in [5.41, 5.74) is 3.65. The van der Waals surface area contributed by atoms with Gasteiger partial charge < -0.3 is 20.4 Å². The lowest BCUT2D eigenvalue weighted by molar-refractivity contribution is 0.410. The van der Waals surface area contributed by atoms with Gasteiger partial charge in [0.05, 0.1) is 7.11 Å². The standard InChI is InChI=1S/C23H25N5O/c1-29-21-9-5-2-6-17(21)10-12-24-22-14-23(28-16-27-22)25-13-11-18-15-26-20-8-4-3-7-19(18)20/h2-9,14-16,26H,10-13H2,1H3,(H2,24,25,27,28). The normalized spacial score (nSPS) is 10.8. The number of rotatable bonds is 9. The van der Waals surface area contributed by atoms with Gasteiger partial charge in [-0.25, -0.2) is 9.97 Å². The molecule has 0 aliphatic rings. The number of anilines is 2. The van der Waals surface area contributed by atoms with Crippen molar-refractivity contribution in [3.05, 3.63) is 78.2 Å². The molecular weight excluding hydrogens is 362 g/mol. The largest absolute Gasteiger partial charge is 0.496 e. The van der Waals surface area contributed by atoms with Crippen LogP contribution in [0.2, 0.25) is 0 Å². The molecule has 0 aliphatic heterocycles. The van der Waals surface area contributed by atoms with Crippen molar-refractivity contribution >= 4 is 22.5 Å². The predicted molar refractivity (Wildman–Crippen MR) is 118 cm³/mol. The fourth-order valence-corrected chi connectivity index (χ4v) is 3.45. The van der Waals surface area contributed by atoms with Gasteiger partial charge in [0.25, 0.3) is 0 Å². The summed E-state index contributed by atoms with van der Waals surface area (Å²) in [6, 6.07) is 18.4. The second-order valence-electron chi connectivity index (χ2n) is 6.81. The molecule has 0 radical (unpaired) electrons. The Kier molecular flexibility index (Phi) is 5.90. The number of hydrogen-bond acceptors (Lipinski definition) is 5. The summed E-state index contributed by atoms with van der Waals surface area (Å²) in [5.74, 6) is 2.54. The summed E-state index contributed by atoms with van der Waals surface area (Å²) >= 11 is 0. The van der Waals surface area contributed by atoms with E-state index in [0.717, 1.165) is 43.3 Å². The van der Waals surface area contributed by atoms with E-state index in [9.17, 15) is 0 Å². The third kappa shape index (κ3) is 4.66. The van der Waals surface area contributed by atoms with E-state index in [-0.39, 0.29) is 0 Å². The maximum absolute atomic E-state index is 5.40. The zero-order chi connectivity index (χ0) is 19.9. The molecule has 4 rings (SSSR count). The van der Waals surface area contributed by atoms with Gasteiger partial charge in [0.15, 0.2) is 0 Å². The van der Waals surface area contributed by atoms with E-state index in [2.05, 4.69) is 56.0 Å². The second-order valence-corrected chi connectivity index (χ2v) is 6.81. The number of methoxy groups -OCH3 is 1. The lowest BCUT2D eigenvalue weighted by atomic mass is 10.1. The number of nitrogens with zero attached hydrogens (tertiary/aromatic N) is 2. The van der Waals surface area contributed by atoms with Crippen LogP contribution in [-0.2, 0) is 12.8 Å². The minimum Gasteiger partial charge on any atom is -0.496 e. The van der Waals surface area contributed by atoms with E-state index < -0.39 is 0 Å². The van der Waals surface area contributed by atoms with Gasteiger partial charge in [0, 0.05) is 36.3 Å². The van der Waals surface area contributed by atoms with Gasteiger partial charge in [-0.3, -0.25) is 0 Å². The topological polar surface area (TPSA) is 74.9 Å². The minimum atomic E-state index is 0.770. The Morgan fingerprint density at radius 2 is 1.55 bits per heavy atom. The molecule has 0 unspecified atom stereocenters. The molecule has 0 amide bonds. The Morgan fingerprint density at radius 3 is 2.34 bits per heavy atom. The molecule has 0 aliphatic carbocycles. The molecule has 2 aromatic heterocycles. The van der Waals surface area contributed by atoms with Crippen molar-refractivity contribution in [3.8, 4) is 5.75 Å². The van der Waals surface area contributed by atoms with E-state index in [1.165, 1.54) is 22.0 Å².